The first kappa shape index (κ1) is 22.5. The molecule has 7 nitrogen and oxygen atoms in total. The molecule has 33 heavy (non-hydrogen) atoms. The van der Waals surface area contributed by atoms with E-state index >= 15 is 0 Å². The normalized spacial score (nSPS) is 11.8. The first-order valence-corrected chi connectivity index (χ1v) is 11.5. The Kier molecular flexibility index (Phi) is 6.74. The maximum Gasteiger partial charge on any atom is 0.263 e. The molecule has 2 N–H and O–H groups in total. The van der Waals surface area contributed by atoms with Gasteiger partial charge < -0.3 is 19.8 Å². The predicted octanol–water partition coefficient (Wildman–Crippen LogP) is 5.41. The number of hydrogen-bond donors (Lipinski definition) is 2. The third-order valence-corrected chi connectivity index (χ3v) is 6.56. The molecule has 1 atom stereocenters. The van der Waals surface area contributed by atoms with Crippen molar-refractivity contribution in [2.75, 3.05) is 14.2 Å². The van der Waals surface area contributed by atoms with E-state index in [9.17, 15) is 4.79 Å². The van der Waals surface area contributed by atoms with Crippen LogP contribution in [0.5, 0.6) is 11.5 Å². The molecular weight excluding hydrogens is 436 g/mol. The highest BCUT2D eigenvalue weighted by atomic mass is 32.1. The zero-order valence-electron chi connectivity index (χ0n) is 19.0. The van der Waals surface area contributed by atoms with Crippen LogP contribution in [0, 0.1) is 6.92 Å². The predicted molar refractivity (Wildman–Crippen MR) is 130 cm³/mol. The summed E-state index contributed by atoms with van der Waals surface area (Å²) in [4.78, 5) is 26.2. The fourth-order valence-corrected chi connectivity index (χ4v) is 4.53. The maximum absolute atomic E-state index is 13.1. The molecule has 0 radical (unpaired) electrons. The van der Waals surface area contributed by atoms with Crippen molar-refractivity contribution in [2.24, 2.45) is 0 Å². The second kappa shape index (κ2) is 9.87. The van der Waals surface area contributed by atoms with Gasteiger partial charge in [0.25, 0.3) is 5.91 Å². The van der Waals surface area contributed by atoms with Crippen LogP contribution in [0.2, 0.25) is 0 Å². The Morgan fingerprint density at radius 1 is 1.09 bits per heavy atom. The third-order valence-electron chi connectivity index (χ3n) is 5.36. The molecule has 0 saturated carbocycles. The number of hydrogen-bond acceptors (Lipinski definition) is 6. The van der Waals surface area contributed by atoms with Crippen molar-refractivity contribution in [3.05, 3.63) is 71.1 Å². The average Bonchev–Trinajstić information content (AvgIpc) is 3.50. The molecule has 170 valence electrons. The van der Waals surface area contributed by atoms with Crippen LogP contribution in [-0.2, 0) is 0 Å². The van der Waals surface area contributed by atoms with Crippen molar-refractivity contribution < 1.29 is 14.3 Å². The fraction of sp³-hybridized carbons (Fsp3) is 0.240. The number of benzene rings is 2. The van der Waals surface area contributed by atoms with Crippen molar-refractivity contribution in [3.8, 4) is 33.3 Å². The smallest absolute Gasteiger partial charge is 0.263 e. The minimum absolute atomic E-state index is 0.166. The van der Waals surface area contributed by atoms with E-state index in [-0.39, 0.29) is 11.9 Å². The summed E-state index contributed by atoms with van der Waals surface area (Å²) in [7, 11) is 3.19. The number of nitrogens with one attached hydrogen (secondary N) is 2. The number of H-pyrrole nitrogens is 1. The summed E-state index contributed by atoms with van der Waals surface area (Å²) in [6.07, 6.45) is 2.50. The van der Waals surface area contributed by atoms with Crippen LogP contribution >= 0.6 is 11.3 Å². The van der Waals surface area contributed by atoms with Gasteiger partial charge in [0.15, 0.2) is 11.5 Å². The van der Waals surface area contributed by atoms with Crippen LogP contribution in [-0.4, -0.2) is 35.1 Å². The zero-order chi connectivity index (χ0) is 23.4. The molecule has 1 unspecified atom stereocenters. The SMILES string of the molecule is CCC(NC(=O)c1sc(-c2ccc(OC)c(OC)c2)nc1C)c1ncc(-c2ccccc2)[nH]1. The number of thiazole rings is 1. The molecule has 4 aromatic rings. The molecule has 0 aliphatic heterocycles. The Hall–Kier alpha value is -3.65. The maximum atomic E-state index is 13.1. The Morgan fingerprint density at radius 3 is 2.55 bits per heavy atom. The summed E-state index contributed by atoms with van der Waals surface area (Å²) >= 11 is 1.35. The van der Waals surface area contributed by atoms with Crippen LogP contribution in [0.25, 0.3) is 21.8 Å². The van der Waals surface area contributed by atoms with Gasteiger partial charge >= 0.3 is 0 Å². The first-order chi connectivity index (χ1) is 16.0. The second-order valence-corrected chi connectivity index (χ2v) is 8.48. The summed E-state index contributed by atoms with van der Waals surface area (Å²) in [6.45, 7) is 3.86. The quantitative estimate of drug-likeness (QED) is 0.366. The Labute approximate surface area is 196 Å². The molecule has 2 heterocycles. The standard InChI is InChI=1S/C25H26N4O3S/c1-5-18(23-26-14-19(28-23)16-9-7-6-8-10-16)29-24(30)22-15(2)27-25(33-22)17-11-12-20(31-3)21(13-17)32-4/h6-14,18H,5H2,1-4H3,(H,26,28)(H,29,30). The number of aromatic amines is 1. The van der Waals surface area contributed by atoms with Crippen molar-refractivity contribution >= 4 is 17.2 Å². The van der Waals surface area contributed by atoms with Gasteiger partial charge in [-0.1, -0.05) is 37.3 Å². The van der Waals surface area contributed by atoms with Gasteiger partial charge in [-0.25, -0.2) is 9.97 Å². The van der Waals surface area contributed by atoms with E-state index in [1.165, 1.54) is 11.3 Å². The highest BCUT2D eigenvalue weighted by Gasteiger charge is 2.22. The van der Waals surface area contributed by atoms with Crippen LogP contribution < -0.4 is 14.8 Å². The molecule has 1 amide bonds. The lowest BCUT2D eigenvalue weighted by atomic mass is 10.2. The number of carbonyl (C=O) groups is 1. The molecule has 0 aliphatic rings. The number of methoxy groups -OCH3 is 2. The molecular formula is C25H26N4O3S. The Balaban J connectivity index is 1.54. The monoisotopic (exact) mass is 462 g/mol. The molecule has 8 heteroatoms. The summed E-state index contributed by atoms with van der Waals surface area (Å²) in [6, 6.07) is 15.4. The lowest BCUT2D eigenvalue weighted by Crippen LogP contribution is -2.28. The Morgan fingerprint density at radius 2 is 1.85 bits per heavy atom. The van der Waals surface area contributed by atoms with Gasteiger partial charge in [0, 0.05) is 5.56 Å². The van der Waals surface area contributed by atoms with E-state index < -0.39 is 0 Å². The number of carbonyl (C=O) groups excluding carboxylic acids is 1. The molecule has 0 fully saturated rings. The van der Waals surface area contributed by atoms with Gasteiger partial charge in [-0.05, 0) is 37.1 Å². The molecule has 0 bridgehead atoms. The Bertz CT molecular complexity index is 1250. The van der Waals surface area contributed by atoms with Crippen molar-refractivity contribution in [3.63, 3.8) is 0 Å². The molecule has 0 saturated heterocycles. The van der Waals surface area contributed by atoms with Crippen molar-refractivity contribution in [1.29, 1.82) is 0 Å². The molecule has 2 aromatic heterocycles. The minimum atomic E-state index is -0.235. The lowest BCUT2D eigenvalue weighted by molar-refractivity contribution is 0.0937. The van der Waals surface area contributed by atoms with Gasteiger partial charge in [0.1, 0.15) is 15.7 Å². The van der Waals surface area contributed by atoms with E-state index in [1.54, 1.807) is 20.4 Å². The lowest BCUT2D eigenvalue weighted by Gasteiger charge is -2.14. The van der Waals surface area contributed by atoms with Gasteiger partial charge in [-0.3, -0.25) is 4.79 Å². The summed E-state index contributed by atoms with van der Waals surface area (Å²) < 4.78 is 10.7. The average molecular weight is 463 g/mol. The summed E-state index contributed by atoms with van der Waals surface area (Å²) in [5.74, 6) is 1.83. The van der Waals surface area contributed by atoms with Crippen molar-refractivity contribution in [2.45, 2.75) is 26.3 Å². The second-order valence-electron chi connectivity index (χ2n) is 7.49. The summed E-state index contributed by atoms with van der Waals surface area (Å²) in [5.41, 5.74) is 3.52. The number of aromatic nitrogens is 3. The third kappa shape index (κ3) is 4.75. The molecule has 4 rings (SSSR count). The van der Waals surface area contributed by atoms with E-state index in [2.05, 4.69) is 20.3 Å². The molecule has 2 aromatic carbocycles. The van der Waals surface area contributed by atoms with Gasteiger partial charge in [0.2, 0.25) is 0 Å². The number of imidazole rings is 1. The highest BCUT2D eigenvalue weighted by molar-refractivity contribution is 7.17. The number of amides is 1. The van der Waals surface area contributed by atoms with Crippen LogP contribution in [0.1, 0.15) is 40.6 Å². The van der Waals surface area contributed by atoms with Gasteiger partial charge in [-0.2, -0.15) is 0 Å². The largest absolute Gasteiger partial charge is 0.493 e. The number of ether oxygens (including phenoxy) is 2. The van der Waals surface area contributed by atoms with Gasteiger partial charge in [0.05, 0.1) is 37.8 Å². The van der Waals surface area contributed by atoms with Crippen LogP contribution in [0.4, 0.5) is 0 Å². The van der Waals surface area contributed by atoms with Crippen LogP contribution in [0.15, 0.2) is 54.7 Å². The number of rotatable bonds is 8. The van der Waals surface area contributed by atoms with Gasteiger partial charge in [-0.15, -0.1) is 11.3 Å². The molecule has 0 aliphatic carbocycles. The van der Waals surface area contributed by atoms with E-state index in [1.807, 2.05) is 62.4 Å². The van der Waals surface area contributed by atoms with Crippen molar-refractivity contribution in [1.82, 2.24) is 20.3 Å². The van der Waals surface area contributed by atoms with Crippen LogP contribution in [0.3, 0.4) is 0 Å². The molecule has 0 spiro atoms. The fourth-order valence-electron chi connectivity index (χ4n) is 3.57. The zero-order valence-corrected chi connectivity index (χ0v) is 19.8. The minimum Gasteiger partial charge on any atom is -0.493 e. The summed E-state index contributed by atoms with van der Waals surface area (Å²) in [5, 5.41) is 3.85. The van der Waals surface area contributed by atoms with E-state index in [0.29, 0.717) is 28.5 Å². The number of aryl methyl sites for hydroxylation is 1. The topological polar surface area (TPSA) is 89.1 Å². The van der Waals surface area contributed by atoms with E-state index in [4.69, 9.17) is 9.47 Å². The number of nitrogens with zero attached hydrogens (tertiary/aromatic N) is 2. The highest BCUT2D eigenvalue weighted by Crippen LogP contribution is 2.35. The first-order valence-electron chi connectivity index (χ1n) is 10.6. The van der Waals surface area contributed by atoms with E-state index in [0.717, 1.165) is 27.7 Å².